The van der Waals surface area contributed by atoms with Crippen LogP contribution in [0.3, 0.4) is 0 Å². The zero-order valence-corrected chi connectivity index (χ0v) is 65.9. The molecule has 0 aliphatic rings. The summed E-state index contributed by atoms with van der Waals surface area (Å²) in [6, 6.07) is 0. The molecule has 0 aromatic rings. The van der Waals surface area contributed by atoms with Crippen LogP contribution in [0.25, 0.3) is 0 Å². The quantitative estimate of drug-likeness (QED) is 0.0264. The van der Waals surface area contributed by atoms with Crippen LogP contribution in [0.2, 0.25) is 0 Å². The second-order valence-electron chi connectivity index (χ2n) is 28.3. The molecule has 0 bridgehead atoms. The van der Waals surface area contributed by atoms with Crippen molar-refractivity contribution in [2.24, 2.45) is 5.73 Å². The highest BCUT2D eigenvalue weighted by atomic mass is 31.2. The Morgan fingerprint density at radius 2 is 0.556 bits per heavy atom. The number of allylic oxidation sites excluding steroid dienone is 18. The first-order chi connectivity index (χ1) is 48.8. The molecule has 2 atom stereocenters. The van der Waals surface area contributed by atoms with E-state index in [-0.39, 0.29) is 38.6 Å². The zero-order chi connectivity index (χ0) is 71.5. The molecule has 0 saturated carbocycles. The van der Waals surface area contributed by atoms with E-state index in [2.05, 4.69) is 123 Å². The summed E-state index contributed by atoms with van der Waals surface area (Å²) in [7, 11) is -4.40. The minimum atomic E-state index is -4.40. The molecule has 0 aromatic heterocycles. The molecular weight excluding hydrogens is 1240 g/mol. The lowest BCUT2D eigenvalue weighted by Crippen LogP contribution is -2.29. The molecule has 99 heavy (non-hydrogen) atoms. The summed E-state index contributed by atoms with van der Waals surface area (Å²) in [5.41, 5.74) is 5.42. The van der Waals surface area contributed by atoms with Crippen molar-refractivity contribution in [3.05, 3.63) is 109 Å². The number of hydrogen-bond acceptors (Lipinski definition) is 8. The first-order valence-corrected chi connectivity index (χ1v) is 43.9. The third kappa shape index (κ3) is 83.5. The van der Waals surface area contributed by atoms with E-state index in [4.69, 9.17) is 24.3 Å². The number of rotatable bonds is 80. The van der Waals surface area contributed by atoms with Gasteiger partial charge in [-0.1, -0.05) is 425 Å². The summed E-state index contributed by atoms with van der Waals surface area (Å²) in [4.78, 5) is 35.5. The fraction of sp³-hybridized carbons (Fsp3) is 0.775. The Balaban J connectivity index is 3.80. The standard InChI is InChI=1S/C89H160NO8P/c1-3-5-7-9-11-13-15-17-19-21-23-25-27-29-31-33-35-37-39-41-42-43-44-46-47-49-51-53-55-57-59-61-63-65-67-69-71-73-75-77-79-81-88(91)95-85-87(86-97-99(93,94)96-84-83-90)98-89(92)82-80-78-76-74-72-70-68-66-64-62-60-58-56-54-52-50-48-45-40-38-36-34-32-30-28-26-24-22-20-18-16-14-12-10-8-6-4-2/h6,8,12,14,18,20,24,26,30,32,36,38,45,48,52,54,58,60,87H,3-5,7,9-11,13,15-17,19,21-23,25,27-29,31,33-35,37,39-44,46-47,49-51,53,55-57,59,61-86,90H2,1-2H3,(H,93,94)/b8-6-,14-12-,20-18-,26-24-,32-30-,38-36-,48-45-,54-52-,60-58-. The number of carbonyl (C=O) groups excluding carboxylic acids is 2. The first kappa shape index (κ1) is 95.7. The van der Waals surface area contributed by atoms with E-state index in [0.717, 1.165) is 103 Å². The molecule has 0 spiro atoms. The summed E-state index contributed by atoms with van der Waals surface area (Å²) in [6.45, 7) is 3.68. The maximum Gasteiger partial charge on any atom is 0.472 e. The highest BCUT2D eigenvalue weighted by molar-refractivity contribution is 7.47. The van der Waals surface area contributed by atoms with Crippen molar-refractivity contribution < 1.29 is 37.6 Å². The van der Waals surface area contributed by atoms with E-state index in [0.29, 0.717) is 6.42 Å². The number of unbranched alkanes of at least 4 members (excludes halogenated alkanes) is 49. The van der Waals surface area contributed by atoms with Gasteiger partial charge in [-0.3, -0.25) is 18.6 Å². The predicted octanol–water partition coefficient (Wildman–Crippen LogP) is 28.8. The highest BCUT2D eigenvalue weighted by Crippen LogP contribution is 2.43. The van der Waals surface area contributed by atoms with Gasteiger partial charge in [0.1, 0.15) is 6.61 Å². The topological polar surface area (TPSA) is 134 Å². The number of phosphoric acid groups is 1. The maximum absolute atomic E-state index is 12.8. The summed E-state index contributed by atoms with van der Waals surface area (Å²) in [5, 5.41) is 0. The summed E-state index contributed by atoms with van der Waals surface area (Å²) < 4.78 is 33.3. The molecule has 0 rings (SSSR count). The molecule has 0 aliphatic carbocycles. The van der Waals surface area contributed by atoms with Gasteiger partial charge in [0.25, 0.3) is 0 Å². The molecule has 0 radical (unpaired) electrons. The predicted molar refractivity (Wildman–Crippen MR) is 431 cm³/mol. The minimum Gasteiger partial charge on any atom is -0.462 e. The van der Waals surface area contributed by atoms with Crippen LogP contribution in [-0.2, 0) is 32.7 Å². The fourth-order valence-corrected chi connectivity index (χ4v) is 13.2. The van der Waals surface area contributed by atoms with Crippen LogP contribution in [0.4, 0.5) is 0 Å². The van der Waals surface area contributed by atoms with Crippen molar-refractivity contribution in [1.29, 1.82) is 0 Å². The average Bonchev–Trinajstić information content (AvgIpc) is 1.64. The molecule has 574 valence electrons. The fourth-order valence-electron chi connectivity index (χ4n) is 12.5. The maximum atomic E-state index is 12.8. The van der Waals surface area contributed by atoms with Crippen LogP contribution >= 0.6 is 7.82 Å². The molecular formula is C89H160NO8P. The smallest absolute Gasteiger partial charge is 0.462 e. The van der Waals surface area contributed by atoms with Gasteiger partial charge in [-0.05, 0) is 83.5 Å². The monoisotopic (exact) mass is 1400 g/mol. The summed E-state index contributed by atoms with van der Waals surface area (Å²) in [5.74, 6) is -0.823. The van der Waals surface area contributed by atoms with E-state index >= 15 is 0 Å². The molecule has 10 heteroatoms. The zero-order valence-electron chi connectivity index (χ0n) is 65.0. The minimum absolute atomic E-state index is 0.0495. The number of hydrogen-bond donors (Lipinski definition) is 2. The number of carbonyl (C=O) groups is 2. The number of ether oxygens (including phenoxy) is 2. The number of nitrogens with two attached hydrogens (primary N) is 1. The van der Waals surface area contributed by atoms with Gasteiger partial charge in [-0.2, -0.15) is 0 Å². The molecule has 0 saturated heterocycles. The van der Waals surface area contributed by atoms with Crippen molar-refractivity contribution in [3.8, 4) is 0 Å². The van der Waals surface area contributed by atoms with E-state index in [1.54, 1.807) is 0 Å². The highest BCUT2D eigenvalue weighted by Gasteiger charge is 2.26. The third-order valence-electron chi connectivity index (χ3n) is 18.7. The van der Waals surface area contributed by atoms with Crippen LogP contribution in [0.15, 0.2) is 109 Å². The second kappa shape index (κ2) is 83.6. The lowest BCUT2D eigenvalue weighted by Gasteiger charge is -2.19. The molecule has 0 heterocycles. The Hall–Kier alpha value is -3.33. The number of phosphoric ester groups is 1. The lowest BCUT2D eigenvalue weighted by atomic mass is 10.0. The van der Waals surface area contributed by atoms with Gasteiger partial charge >= 0.3 is 19.8 Å². The van der Waals surface area contributed by atoms with E-state index in [1.165, 1.54) is 276 Å². The Bertz CT molecular complexity index is 2000. The third-order valence-corrected chi connectivity index (χ3v) is 19.7. The van der Waals surface area contributed by atoms with Gasteiger partial charge in [-0.15, -0.1) is 0 Å². The average molecular weight is 1400 g/mol. The van der Waals surface area contributed by atoms with Gasteiger partial charge in [0.05, 0.1) is 13.2 Å². The molecule has 0 amide bonds. The van der Waals surface area contributed by atoms with E-state index in [1.807, 2.05) is 0 Å². The van der Waals surface area contributed by atoms with E-state index < -0.39 is 26.5 Å². The summed E-state index contributed by atoms with van der Waals surface area (Å²) in [6.07, 6.45) is 117. The van der Waals surface area contributed by atoms with Crippen LogP contribution < -0.4 is 5.73 Å². The van der Waals surface area contributed by atoms with Crippen molar-refractivity contribution >= 4 is 19.8 Å². The van der Waals surface area contributed by atoms with Crippen molar-refractivity contribution in [3.63, 3.8) is 0 Å². The normalized spacial score (nSPS) is 13.4. The van der Waals surface area contributed by atoms with Gasteiger partial charge in [0.2, 0.25) is 0 Å². The van der Waals surface area contributed by atoms with Crippen LogP contribution in [0.1, 0.15) is 412 Å². The van der Waals surface area contributed by atoms with Crippen molar-refractivity contribution in [1.82, 2.24) is 0 Å². The van der Waals surface area contributed by atoms with Gasteiger partial charge < -0.3 is 20.1 Å². The Morgan fingerprint density at radius 3 is 0.828 bits per heavy atom. The molecule has 3 N–H and O–H groups in total. The Morgan fingerprint density at radius 1 is 0.313 bits per heavy atom. The largest absolute Gasteiger partial charge is 0.472 e. The van der Waals surface area contributed by atoms with Gasteiger partial charge in [0.15, 0.2) is 6.10 Å². The SMILES string of the molecule is CC/C=C\C/C=C\C/C=C\C/C=C\C/C=C\C/C=C\C/C=C\C/C=C\C/C=C\CCCCCCCCCCCC(=O)OC(COC(=O)CCCCCCCCCCCCCCCCCCCCCCCCCCCCCCCCCCCCCCCCCCC)COP(=O)(O)OCCN. The van der Waals surface area contributed by atoms with Crippen molar-refractivity contribution in [2.75, 3.05) is 26.4 Å². The molecule has 0 fully saturated rings. The first-order valence-electron chi connectivity index (χ1n) is 42.4. The lowest BCUT2D eigenvalue weighted by molar-refractivity contribution is -0.161. The molecule has 0 aromatic carbocycles. The second-order valence-corrected chi connectivity index (χ2v) is 29.8. The molecule has 9 nitrogen and oxygen atoms in total. The Kier molecular flexibility index (Phi) is 80.8. The van der Waals surface area contributed by atoms with Crippen LogP contribution in [0, 0.1) is 0 Å². The van der Waals surface area contributed by atoms with Gasteiger partial charge in [-0.25, -0.2) is 4.57 Å². The Labute approximate surface area is 613 Å². The molecule has 0 aliphatic heterocycles. The van der Waals surface area contributed by atoms with Crippen molar-refractivity contribution in [2.45, 2.75) is 418 Å². The van der Waals surface area contributed by atoms with E-state index in [9.17, 15) is 19.0 Å². The van der Waals surface area contributed by atoms with Crippen LogP contribution in [0.5, 0.6) is 0 Å². The number of esters is 2. The molecule has 2 unspecified atom stereocenters. The summed E-state index contributed by atoms with van der Waals surface area (Å²) >= 11 is 0. The van der Waals surface area contributed by atoms with Gasteiger partial charge in [0, 0.05) is 19.4 Å². The van der Waals surface area contributed by atoms with Crippen LogP contribution in [-0.4, -0.2) is 49.3 Å².